The average molecular weight is 291 g/mol. The zero-order chi connectivity index (χ0) is 12.4. The predicted molar refractivity (Wildman–Crippen MR) is 73.9 cm³/mol. The highest BCUT2D eigenvalue weighted by Crippen LogP contribution is 2.24. The second-order valence-corrected chi connectivity index (χ2v) is 5.19. The second kappa shape index (κ2) is 4.98. The van der Waals surface area contributed by atoms with Crippen LogP contribution >= 0.6 is 15.9 Å². The minimum absolute atomic E-state index is 0.125. The van der Waals surface area contributed by atoms with Gasteiger partial charge in [0.05, 0.1) is 6.04 Å². The zero-order valence-electron chi connectivity index (χ0n) is 9.94. The highest BCUT2D eigenvalue weighted by molar-refractivity contribution is 9.10. The molecule has 88 valence electrons. The van der Waals surface area contributed by atoms with Gasteiger partial charge in [0.25, 0.3) is 0 Å². The number of aryl methyl sites for hydroxylation is 2. The lowest BCUT2D eigenvalue weighted by molar-refractivity contribution is 0.851. The number of pyridine rings is 1. The summed E-state index contributed by atoms with van der Waals surface area (Å²) in [7, 11) is 0. The van der Waals surface area contributed by atoms with Gasteiger partial charge >= 0.3 is 0 Å². The Morgan fingerprint density at radius 3 is 2.65 bits per heavy atom. The van der Waals surface area contributed by atoms with Crippen molar-refractivity contribution in [2.24, 2.45) is 5.73 Å². The van der Waals surface area contributed by atoms with Gasteiger partial charge < -0.3 is 5.73 Å². The third kappa shape index (κ3) is 2.73. The fraction of sp³-hybridized carbons (Fsp3) is 0.214. The maximum atomic E-state index is 6.29. The molecule has 0 bridgehead atoms. The van der Waals surface area contributed by atoms with Crippen LogP contribution in [0.25, 0.3) is 0 Å². The molecule has 1 aromatic carbocycles. The van der Waals surface area contributed by atoms with Crippen molar-refractivity contribution in [3.05, 3.63) is 63.4 Å². The highest BCUT2D eigenvalue weighted by Gasteiger charge is 2.12. The molecule has 0 saturated heterocycles. The summed E-state index contributed by atoms with van der Waals surface area (Å²) in [6, 6.07) is 8.24. The number of halogens is 1. The molecule has 0 aliphatic carbocycles. The summed E-state index contributed by atoms with van der Waals surface area (Å²) in [5, 5.41) is 0. The Bertz CT molecular complexity index is 537. The summed E-state index contributed by atoms with van der Waals surface area (Å²) in [6.07, 6.45) is 3.58. The molecule has 0 aliphatic heterocycles. The first-order chi connectivity index (χ1) is 8.08. The van der Waals surface area contributed by atoms with E-state index in [0.717, 1.165) is 15.6 Å². The van der Waals surface area contributed by atoms with Crippen LogP contribution in [0.5, 0.6) is 0 Å². The van der Waals surface area contributed by atoms with Gasteiger partial charge in [-0.2, -0.15) is 0 Å². The molecule has 17 heavy (non-hydrogen) atoms. The van der Waals surface area contributed by atoms with Crippen LogP contribution in [0.15, 0.2) is 41.1 Å². The Morgan fingerprint density at radius 1 is 1.18 bits per heavy atom. The fourth-order valence-corrected chi connectivity index (χ4v) is 2.26. The van der Waals surface area contributed by atoms with E-state index < -0.39 is 0 Å². The number of nitrogens with two attached hydrogens (primary N) is 1. The van der Waals surface area contributed by atoms with Crippen LogP contribution in [-0.4, -0.2) is 4.98 Å². The highest BCUT2D eigenvalue weighted by atomic mass is 79.9. The Morgan fingerprint density at radius 2 is 1.94 bits per heavy atom. The first kappa shape index (κ1) is 12.3. The van der Waals surface area contributed by atoms with Gasteiger partial charge in [0, 0.05) is 16.9 Å². The van der Waals surface area contributed by atoms with E-state index in [9.17, 15) is 0 Å². The monoisotopic (exact) mass is 290 g/mol. The SMILES string of the molecule is Cc1ccc(C)c(C(N)c2cncc(Br)c2)c1. The Balaban J connectivity index is 2.43. The van der Waals surface area contributed by atoms with Crippen LogP contribution < -0.4 is 5.73 Å². The molecule has 1 heterocycles. The van der Waals surface area contributed by atoms with Crippen molar-refractivity contribution in [1.29, 1.82) is 0 Å². The summed E-state index contributed by atoms with van der Waals surface area (Å²) in [5.41, 5.74) is 10.9. The number of aromatic nitrogens is 1. The number of rotatable bonds is 2. The van der Waals surface area contributed by atoms with Gasteiger partial charge in [-0.15, -0.1) is 0 Å². The first-order valence-electron chi connectivity index (χ1n) is 5.51. The number of hydrogen-bond donors (Lipinski definition) is 1. The van der Waals surface area contributed by atoms with Crippen LogP contribution in [0.4, 0.5) is 0 Å². The van der Waals surface area contributed by atoms with E-state index in [0.29, 0.717) is 0 Å². The molecule has 3 heteroatoms. The Kier molecular flexibility index (Phi) is 3.60. The third-order valence-electron chi connectivity index (χ3n) is 2.85. The Labute approximate surface area is 110 Å². The molecule has 0 spiro atoms. The van der Waals surface area contributed by atoms with Crippen molar-refractivity contribution >= 4 is 15.9 Å². The molecule has 0 aliphatic rings. The topological polar surface area (TPSA) is 38.9 Å². The lowest BCUT2D eigenvalue weighted by Gasteiger charge is -2.15. The van der Waals surface area contributed by atoms with Gasteiger partial charge in [-0.05, 0) is 52.5 Å². The zero-order valence-corrected chi connectivity index (χ0v) is 11.5. The molecular formula is C14H15BrN2. The summed E-state index contributed by atoms with van der Waals surface area (Å²) in [4.78, 5) is 4.16. The van der Waals surface area contributed by atoms with E-state index in [1.54, 1.807) is 6.20 Å². The van der Waals surface area contributed by atoms with E-state index in [1.165, 1.54) is 11.1 Å². The lowest BCUT2D eigenvalue weighted by Crippen LogP contribution is -2.13. The molecule has 0 fully saturated rings. The number of benzene rings is 1. The van der Waals surface area contributed by atoms with Crippen molar-refractivity contribution in [3.8, 4) is 0 Å². The van der Waals surface area contributed by atoms with Crippen LogP contribution in [0.2, 0.25) is 0 Å². The van der Waals surface area contributed by atoms with Crippen LogP contribution in [-0.2, 0) is 0 Å². The average Bonchev–Trinajstić information content (AvgIpc) is 2.31. The molecule has 0 saturated carbocycles. The summed E-state index contributed by atoms with van der Waals surface area (Å²) in [5.74, 6) is 0. The lowest BCUT2D eigenvalue weighted by atomic mass is 9.95. The Hall–Kier alpha value is -1.19. The van der Waals surface area contributed by atoms with Crippen molar-refractivity contribution in [1.82, 2.24) is 4.98 Å². The fourth-order valence-electron chi connectivity index (χ4n) is 1.87. The van der Waals surface area contributed by atoms with Gasteiger partial charge in [0.2, 0.25) is 0 Å². The van der Waals surface area contributed by atoms with Crippen LogP contribution in [0.3, 0.4) is 0 Å². The first-order valence-corrected chi connectivity index (χ1v) is 6.30. The molecule has 0 radical (unpaired) electrons. The molecule has 1 aromatic heterocycles. The van der Waals surface area contributed by atoms with Crippen molar-refractivity contribution in [2.75, 3.05) is 0 Å². The number of hydrogen-bond acceptors (Lipinski definition) is 2. The molecule has 0 amide bonds. The van der Waals surface area contributed by atoms with E-state index in [4.69, 9.17) is 5.73 Å². The molecule has 2 rings (SSSR count). The van der Waals surface area contributed by atoms with Gasteiger partial charge in [-0.3, -0.25) is 4.98 Å². The van der Waals surface area contributed by atoms with Gasteiger partial charge in [0.1, 0.15) is 0 Å². The molecule has 1 atom stereocenters. The quantitative estimate of drug-likeness (QED) is 0.919. The molecule has 2 N–H and O–H groups in total. The number of nitrogens with zero attached hydrogens (tertiary/aromatic N) is 1. The normalized spacial score (nSPS) is 12.5. The van der Waals surface area contributed by atoms with E-state index >= 15 is 0 Å². The third-order valence-corrected chi connectivity index (χ3v) is 3.29. The standard InChI is InChI=1S/C14H15BrN2/c1-9-3-4-10(2)13(5-9)14(16)11-6-12(15)8-17-7-11/h3-8,14H,16H2,1-2H3. The van der Waals surface area contributed by atoms with Crippen molar-refractivity contribution in [3.63, 3.8) is 0 Å². The largest absolute Gasteiger partial charge is 0.320 e. The molecule has 1 unspecified atom stereocenters. The molecule has 2 aromatic rings. The minimum Gasteiger partial charge on any atom is -0.320 e. The minimum atomic E-state index is -0.125. The maximum Gasteiger partial charge on any atom is 0.0570 e. The van der Waals surface area contributed by atoms with E-state index in [2.05, 4.69) is 53.0 Å². The summed E-state index contributed by atoms with van der Waals surface area (Å²) in [6.45, 7) is 4.16. The van der Waals surface area contributed by atoms with Gasteiger partial charge in [0.15, 0.2) is 0 Å². The van der Waals surface area contributed by atoms with Crippen molar-refractivity contribution < 1.29 is 0 Å². The molecule has 2 nitrogen and oxygen atoms in total. The van der Waals surface area contributed by atoms with E-state index in [-0.39, 0.29) is 6.04 Å². The summed E-state index contributed by atoms with van der Waals surface area (Å²) < 4.78 is 0.954. The predicted octanol–water partition coefficient (Wildman–Crippen LogP) is 3.51. The van der Waals surface area contributed by atoms with E-state index in [1.807, 2.05) is 12.3 Å². The van der Waals surface area contributed by atoms with Gasteiger partial charge in [-0.1, -0.05) is 23.8 Å². The van der Waals surface area contributed by atoms with Crippen molar-refractivity contribution in [2.45, 2.75) is 19.9 Å². The molecular weight excluding hydrogens is 276 g/mol. The van der Waals surface area contributed by atoms with Crippen LogP contribution in [0, 0.1) is 13.8 Å². The van der Waals surface area contributed by atoms with Crippen LogP contribution in [0.1, 0.15) is 28.3 Å². The summed E-state index contributed by atoms with van der Waals surface area (Å²) >= 11 is 3.42. The smallest absolute Gasteiger partial charge is 0.0570 e. The second-order valence-electron chi connectivity index (χ2n) is 4.27. The maximum absolute atomic E-state index is 6.29. The van der Waals surface area contributed by atoms with Gasteiger partial charge in [-0.25, -0.2) is 0 Å².